The summed E-state index contributed by atoms with van der Waals surface area (Å²) in [6.45, 7) is 4.69. The van der Waals surface area contributed by atoms with Gasteiger partial charge >= 0.3 is 0 Å². The first-order chi connectivity index (χ1) is 11.0. The van der Waals surface area contributed by atoms with E-state index in [1.165, 1.54) is 10.4 Å². The van der Waals surface area contributed by atoms with E-state index in [0.29, 0.717) is 31.1 Å². The molecule has 0 radical (unpaired) electrons. The van der Waals surface area contributed by atoms with Crippen molar-refractivity contribution in [2.45, 2.75) is 25.3 Å². The quantitative estimate of drug-likeness (QED) is 0.759. The Kier molecular flexibility index (Phi) is 7.54. The van der Waals surface area contributed by atoms with Crippen molar-refractivity contribution in [2.24, 2.45) is 0 Å². The molecule has 0 atom stereocenters. The third kappa shape index (κ3) is 4.63. The number of rotatable bonds is 7. The van der Waals surface area contributed by atoms with E-state index in [-0.39, 0.29) is 17.3 Å². The van der Waals surface area contributed by atoms with Gasteiger partial charge in [0, 0.05) is 18.8 Å². The van der Waals surface area contributed by atoms with E-state index >= 15 is 0 Å². The molecule has 2 rings (SSSR count). The van der Waals surface area contributed by atoms with Gasteiger partial charge in [0.15, 0.2) is 0 Å². The molecule has 0 heterocycles. The first kappa shape index (κ1) is 20.3. The Balaban J connectivity index is 0.00000288. The first-order valence-corrected chi connectivity index (χ1v) is 8.99. The number of ether oxygens (including phenoxy) is 1. The molecule has 0 aliphatic heterocycles. The lowest BCUT2D eigenvalue weighted by molar-refractivity contribution is 0.296. The third-order valence-electron chi connectivity index (χ3n) is 3.53. The molecule has 0 saturated carbocycles. The predicted molar refractivity (Wildman–Crippen MR) is 99.0 cm³/mol. The molecular weight excluding hydrogens is 348 g/mol. The summed E-state index contributed by atoms with van der Waals surface area (Å²) in [5.41, 5.74) is 7.14. The molecule has 7 heteroatoms. The molecule has 24 heavy (non-hydrogen) atoms. The van der Waals surface area contributed by atoms with Crippen LogP contribution in [-0.4, -0.2) is 25.8 Å². The number of nitrogen functional groups attached to an aromatic ring is 1. The van der Waals surface area contributed by atoms with Gasteiger partial charge in [-0.05, 0) is 23.8 Å². The monoisotopic (exact) mass is 370 g/mol. The molecule has 0 bridgehead atoms. The molecule has 0 amide bonds. The van der Waals surface area contributed by atoms with Crippen LogP contribution in [0.3, 0.4) is 0 Å². The van der Waals surface area contributed by atoms with Crippen molar-refractivity contribution < 1.29 is 13.2 Å². The predicted octanol–water partition coefficient (Wildman–Crippen LogP) is 3.30. The lowest BCUT2D eigenvalue weighted by atomic mass is 10.2. The van der Waals surface area contributed by atoms with E-state index in [1.54, 1.807) is 26.0 Å². The number of sulfonamides is 1. The molecule has 0 fully saturated rings. The van der Waals surface area contributed by atoms with Crippen molar-refractivity contribution in [3.63, 3.8) is 0 Å². The molecule has 0 aromatic heterocycles. The van der Waals surface area contributed by atoms with Gasteiger partial charge in [-0.3, -0.25) is 0 Å². The summed E-state index contributed by atoms with van der Waals surface area (Å²) in [5, 5.41) is 0. The maximum absolute atomic E-state index is 12.8. The number of hydrogen-bond acceptors (Lipinski definition) is 4. The van der Waals surface area contributed by atoms with Gasteiger partial charge in [0.1, 0.15) is 17.3 Å². The zero-order valence-corrected chi connectivity index (χ0v) is 15.4. The molecule has 0 unspecified atom stereocenters. The average molecular weight is 371 g/mol. The molecule has 2 N–H and O–H groups in total. The zero-order chi connectivity index (χ0) is 16.9. The van der Waals surface area contributed by atoms with E-state index in [9.17, 15) is 8.42 Å². The van der Waals surface area contributed by atoms with Crippen molar-refractivity contribution in [3.8, 4) is 5.75 Å². The van der Waals surface area contributed by atoms with Crippen LogP contribution in [0.2, 0.25) is 0 Å². The smallest absolute Gasteiger partial charge is 0.246 e. The second-order valence-corrected chi connectivity index (χ2v) is 6.98. The van der Waals surface area contributed by atoms with Crippen LogP contribution in [-0.2, 0) is 16.6 Å². The van der Waals surface area contributed by atoms with Gasteiger partial charge < -0.3 is 10.5 Å². The lowest BCUT2D eigenvalue weighted by Crippen LogP contribution is -2.31. The number of halogens is 1. The number of benzene rings is 2. The van der Waals surface area contributed by atoms with Crippen molar-refractivity contribution >= 4 is 28.1 Å². The number of nitrogens with two attached hydrogens (primary N) is 1. The van der Waals surface area contributed by atoms with Crippen molar-refractivity contribution in [1.29, 1.82) is 0 Å². The maximum atomic E-state index is 12.8. The minimum Gasteiger partial charge on any atom is -0.487 e. The fraction of sp³-hybridized carbons (Fsp3) is 0.294. The maximum Gasteiger partial charge on any atom is 0.246 e. The Morgan fingerprint density at radius 1 is 1.04 bits per heavy atom. The topological polar surface area (TPSA) is 72.6 Å². The normalized spacial score (nSPS) is 11.1. The van der Waals surface area contributed by atoms with Gasteiger partial charge in [-0.2, -0.15) is 4.31 Å². The fourth-order valence-corrected chi connectivity index (χ4v) is 3.91. The summed E-state index contributed by atoms with van der Waals surface area (Å²) in [6, 6.07) is 14.3. The molecule has 0 aliphatic carbocycles. The summed E-state index contributed by atoms with van der Waals surface area (Å²) in [4.78, 5) is 0.108. The lowest BCUT2D eigenvalue weighted by Gasteiger charge is -2.21. The van der Waals surface area contributed by atoms with E-state index in [1.807, 2.05) is 30.3 Å². The van der Waals surface area contributed by atoms with Gasteiger partial charge in [-0.25, -0.2) is 8.42 Å². The summed E-state index contributed by atoms with van der Waals surface area (Å²) >= 11 is 0. The highest BCUT2D eigenvalue weighted by molar-refractivity contribution is 7.89. The Morgan fingerprint density at radius 2 is 1.67 bits per heavy atom. The first-order valence-electron chi connectivity index (χ1n) is 7.55. The largest absolute Gasteiger partial charge is 0.487 e. The third-order valence-corrected chi connectivity index (χ3v) is 5.60. The van der Waals surface area contributed by atoms with Crippen LogP contribution in [0.1, 0.15) is 19.4 Å². The van der Waals surface area contributed by atoms with E-state index in [4.69, 9.17) is 10.5 Å². The van der Waals surface area contributed by atoms with Crippen LogP contribution in [0.25, 0.3) is 0 Å². The molecule has 0 aliphatic rings. The Morgan fingerprint density at radius 3 is 2.25 bits per heavy atom. The van der Waals surface area contributed by atoms with Gasteiger partial charge in [0.2, 0.25) is 10.0 Å². The molecule has 0 spiro atoms. The van der Waals surface area contributed by atoms with Gasteiger partial charge in [-0.15, -0.1) is 12.4 Å². The molecule has 132 valence electrons. The van der Waals surface area contributed by atoms with Crippen LogP contribution >= 0.6 is 12.4 Å². The summed E-state index contributed by atoms with van der Waals surface area (Å²) in [6.07, 6.45) is 0. The number of anilines is 1. The Hall–Kier alpha value is -1.76. The minimum atomic E-state index is -3.63. The fourth-order valence-electron chi connectivity index (χ4n) is 2.28. The standard InChI is InChI=1S/C17H22N2O3S.ClH/c1-3-19(4-2)23(20,21)17-12-15(18)10-11-16(17)22-13-14-8-6-5-7-9-14;/h5-12H,3-4,13,18H2,1-2H3;1H. The van der Waals surface area contributed by atoms with Crippen LogP contribution in [0.5, 0.6) is 5.75 Å². The number of nitrogens with zero attached hydrogens (tertiary/aromatic N) is 1. The van der Waals surface area contributed by atoms with Crippen LogP contribution < -0.4 is 10.5 Å². The Labute approximate surface area is 149 Å². The van der Waals surface area contributed by atoms with Gasteiger partial charge in [0.25, 0.3) is 0 Å². The van der Waals surface area contributed by atoms with Crippen LogP contribution in [0, 0.1) is 0 Å². The Bertz CT molecular complexity index is 748. The summed E-state index contributed by atoms with van der Waals surface area (Å²) in [7, 11) is -3.63. The molecule has 5 nitrogen and oxygen atoms in total. The highest BCUT2D eigenvalue weighted by atomic mass is 35.5. The van der Waals surface area contributed by atoms with Crippen LogP contribution in [0.4, 0.5) is 5.69 Å². The summed E-state index contributed by atoms with van der Waals surface area (Å²) in [5.74, 6) is 0.315. The zero-order valence-electron chi connectivity index (χ0n) is 13.8. The molecular formula is C17H23ClN2O3S. The molecule has 2 aromatic rings. The van der Waals surface area contributed by atoms with Crippen molar-refractivity contribution in [2.75, 3.05) is 18.8 Å². The highest BCUT2D eigenvalue weighted by Crippen LogP contribution is 2.29. The van der Waals surface area contributed by atoms with E-state index < -0.39 is 10.0 Å². The highest BCUT2D eigenvalue weighted by Gasteiger charge is 2.26. The van der Waals surface area contributed by atoms with Gasteiger partial charge in [0.05, 0.1) is 0 Å². The van der Waals surface area contributed by atoms with E-state index in [0.717, 1.165) is 5.56 Å². The van der Waals surface area contributed by atoms with Crippen LogP contribution in [0.15, 0.2) is 53.4 Å². The SMILES string of the molecule is CCN(CC)S(=O)(=O)c1cc(N)ccc1OCc1ccccc1.Cl. The average Bonchev–Trinajstić information content (AvgIpc) is 2.55. The van der Waals surface area contributed by atoms with Crippen molar-refractivity contribution in [1.82, 2.24) is 4.31 Å². The summed E-state index contributed by atoms with van der Waals surface area (Å²) < 4.78 is 32.7. The molecule has 0 saturated heterocycles. The molecule has 2 aromatic carbocycles. The van der Waals surface area contributed by atoms with Crippen molar-refractivity contribution in [3.05, 3.63) is 54.1 Å². The number of hydrogen-bond donors (Lipinski definition) is 1. The van der Waals surface area contributed by atoms with E-state index in [2.05, 4.69) is 0 Å². The van der Waals surface area contributed by atoms with Gasteiger partial charge in [-0.1, -0.05) is 44.2 Å². The second kappa shape index (κ2) is 8.92. The second-order valence-electron chi connectivity index (χ2n) is 5.07. The minimum absolute atomic E-state index is 0.